The number of nitrogens with one attached hydrogen (secondary N) is 2. The summed E-state index contributed by atoms with van der Waals surface area (Å²) in [6, 6.07) is 7.78. The van der Waals surface area contributed by atoms with Crippen LogP contribution in [0.4, 0.5) is 10.5 Å². The zero-order valence-electron chi connectivity index (χ0n) is 10.1. The SMILES string of the molecule is CN1CPN=C1S(=O)(=O)NC(=O)Nc1ccccc1. The number of urea groups is 1. The van der Waals surface area contributed by atoms with Gasteiger partial charge in [0.2, 0.25) is 5.17 Å². The van der Waals surface area contributed by atoms with Gasteiger partial charge in [0.1, 0.15) is 0 Å². The monoisotopic (exact) mass is 300 g/mol. The van der Waals surface area contributed by atoms with Gasteiger partial charge in [0.15, 0.2) is 0 Å². The molecule has 2 N–H and O–H groups in total. The van der Waals surface area contributed by atoms with Crippen LogP contribution in [0.5, 0.6) is 0 Å². The minimum atomic E-state index is -3.91. The van der Waals surface area contributed by atoms with E-state index in [2.05, 4.69) is 10.1 Å². The van der Waals surface area contributed by atoms with Crippen LogP contribution in [0.15, 0.2) is 35.1 Å². The second-order valence-corrected chi connectivity index (χ2v) is 6.27. The van der Waals surface area contributed by atoms with Gasteiger partial charge in [-0.3, -0.25) is 0 Å². The Bertz CT molecular complexity index is 602. The Morgan fingerprint density at radius 1 is 1.37 bits per heavy atom. The van der Waals surface area contributed by atoms with Gasteiger partial charge in [0.05, 0.1) is 6.29 Å². The van der Waals surface area contributed by atoms with Crippen LogP contribution in [0.2, 0.25) is 0 Å². The smallest absolute Gasteiger partial charge is 0.333 e. The number of hydrogen-bond acceptors (Lipinski definition) is 5. The molecule has 0 spiro atoms. The summed E-state index contributed by atoms with van der Waals surface area (Å²) in [4.78, 5) is 13.1. The van der Waals surface area contributed by atoms with Crippen LogP contribution in [-0.4, -0.2) is 37.8 Å². The van der Waals surface area contributed by atoms with Crippen molar-refractivity contribution in [1.82, 2.24) is 9.62 Å². The third-order valence-electron chi connectivity index (χ3n) is 2.31. The average Bonchev–Trinajstić information content (AvgIpc) is 2.76. The second-order valence-electron chi connectivity index (χ2n) is 3.83. The fourth-order valence-electron chi connectivity index (χ4n) is 1.47. The van der Waals surface area contributed by atoms with E-state index in [9.17, 15) is 13.2 Å². The second kappa shape index (κ2) is 5.54. The maximum Gasteiger partial charge on any atom is 0.333 e. The highest BCUT2D eigenvalue weighted by Crippen LogP contribution is 2.23. The Hall–Kier alpha value is -1.66. The van der Waals surface area contributed by atoms with Crippen molar-refractivity contribution in [3.8, 4) is 0 Å². The van der Waals surface area contributed by atoms with Crippen LogP contribution in [-0.2, 0) is 10.0 Å². The van der Waals surface area contributed by atoms with Gasteiger partial charge >= 0.3 is 6.03 Å². The van der Waals surface area contributed by atoms with Crippen molar-refractivity contribution in [1.29, 1.82) is 0 Å². The Balaban J connectivity index is 2.03. The van der Waals surface area contributed by atoms with E-state index in [4.69, 9.17) is 0 Å². The highest BCUT2D eigenvalue weighted by atomic mass is 32.2. The average molecular weight is 300 g/mol. The molecule has 1 unspecified atom stereocenters. The number of carbonyl (C=O) groups excluding carboxylic acids is 1. The first-order valence-electron chi connectivity index (χ1n) is 5.39. The van der Waals surface area contributed by atoms with Gasteiger partial charge in [-0.2, -0.15) is 8.42 Å². The normalized spacial score (nSPS) is 16.3. The number of amides is 2. The molecule has 1 aromatic carbocycles. The molecule has 9 heteroatoms. The third kappa shape index (κ3) is 3.42. The molecule has 1 aliphatic rings. The maximum absolute atomic E-state index is 11.9. The Morgan fingerprint density at radius 3 is 2.63 bits per heavy atom. The summed E-state index contributed by atoms with van der Waals surface area (Å²) >= 11 is 0. The number of para-hydroxylation sites is 1. The maximum atomic E-state index is 11.9. The van der Waals surface area contributed by atoms with E-state index < -0.39 is 16.1 Å². The molecule has 0 radical (unpaired) electrons. The van der Waals surface area contributed by atoms with Gasteiger partial charge in [-0.15, -0.1) is 0 Å². The van der Waals surface area contributed by atoms with Crippen LogP contribution in [0.3, 0.4) is 0 Å². The van der Waals surface area contributed by atoms with Gasteiger partial charge in [-0.05, 0) is 12.1 Å². The molecule has 0 bridgehead atoms. The molecule has 0 aliphatic carbocycles. The molecule has 19 heavy (non-hydrogen) atoms. The molecule has 1 heterocycles. The molecule has 2 amide bonds. The summed E-state index contributed by atoms with van der Waals surface area (Å²) in [5.74, 6) is 0. The molecule has 0 saturated heterocycles. The molecule has 1 atom stereocenters. The molecule has 7 nitrogen and oxygen atoms in total. The van der Waals surface area contributed by atoms with E-state index in [1.807, 2.05) is 4.72 Å². The predicted octanol–water partition coefficient (Wildman–Crippen LogP) is 0.990. The van der Waals surface area contributed by atoms with Crippen LogP contribution < -0.4 is 10.0 Å². The summed E-state index contributed by atoms with van der Waals surface area (Å²) in [5, 5.41) is 2.33. The van der Waals surface area contributed by atoms with Crippen molar-refractivity contribution in [2.75, 3.05) is 18.7 Å². The van der Waals surface area contributed by atoms with E-state index in [1.165, 1.54) is 4.90 Å². The molecule has 2 rings (SSSR count). The minimum absolute atomic E-state index is 0.103. The molecular weight excluding hydrogens is 287 g/mol. The number of nitrogens with zero attached hydrogens (tertiary/aromatic N) is 2. The molecular formula is C10H13N4O3PS. The first-order valence-corrected chi connectivity index (χ1v) is 8.03. The molecule has 0 fully saturated rings. The number of carbonyl (C=O) groups is 1. The molecule has 0 saturated carbocycles. The Labute approximate surface area is 113 Å². The summed E-state index contributed by atoms with van der Waals surface area (Å²) < 4.78 is 29.6. The van der Waals surface area contributed by atoms with E-state index in [0.717, 1.165) is 0 Å². The van der Waals surface area contributed by atoms with Crippen LogP contribution in [0.1, 0.15) is 0 Å². The van der Waals surface area contributed by atoms with E-state index in [1.54, 1.807) is 37.4 Å². The summed E-state index contributed by atoms with van der Waals surface area (Å²) in [6.45, 7) is 0. The first-order chi connectivity index (χ1) is 8.99. The van der Waals surface area contributed by atoms with Gasteiger partial charge < -0.3 is 10.2 Å². The summed E-state index contributed by atoms with van der Waals surface area (Å²) in [5.41, 5.74) is 0.513. The van der Waals surface area contributed by atoms with Crippen LogP contribution in [0, 0.1) is 0 Å². The zero-order valence-corrected chi connectivity index (χ0v) is 11.9. The number of rotatable bonds is 1. The van der Waals surface area contributed by atoms with Crippen molar-refractivity contribution in [3.63, 3.8) is 0 Å². The standard InChI is InChI=1S/C10H13N4O3PS/c1-14-7-18-12-10(14)19(16,17)13-9(15)11-8-5-3-2-4-6-8/h2-6,18H,7H2,1H3,(H2,11,13,15). The highest BCUT2D eigenvalue weighted by Gasteiger charge is 2.28. The Kier molecular flexibility index (Phi) is 4.01. The molecule has 102 valence electrons. The van der Waals surface area contributed by atoms with Gasteiger partial charge in [-0.25, -0.2) is 14.3 Å². The summed E-state index contributed by atoms with van der Waals surface area (Å²) in [7, 11) is -2.11. The molecule has 1 aromatic rings. The van der Waals surface area contributed by atoms with Gasteiger partial charge in [-0.1, -0.05) is 18.2 Å². The van der Waals surface area contributed by atoms with E-state index in [-0.39, 0.29) is 13.9 Å². The quantitative estimate of drug-likeness (QED) is 0.757. The fourth-order valence-corrected chi connectivity index (χ4v) is 3.86. The lowest BCUT2D eigenvalue weighted by Gasteiger charge is -2.14. The first kappa shape index (κ1) is 13.8. The molecule has 1 aliphatic heterocycles. The van der Waals surface area contributed by atoms with Gasteiger partial charge in [0, 0.05) is 21.5 Å². The van der Waals surface area contributed by atoms with Gasteiger partial charge in [0.25, 0.3) is 10.0 Å². The number of benzene rings is 1. The van der Waals surface area contributed by atoms with Crippen molar-refractivity contribution in [2.45, 2.75) is 0 Å². The topological polar surface area (TPSA) is 90.9 Å². The van der Waals surface area contributed by atoms with Crippen LogP contribution in [0.25, 0.3) is 0 Å². The summed E-state index contributed by atoms with van der Waals surface area (Å²) in [6.07, 6.45) is 0.552. The largest absolute Gasteiger partial charge is 0.343 e. The van der Waals surface area contributed by atoms with Crippen molar-refractivity contribution >= 4 is 35.6 Å². The van der Waals surface area contributed by atoms with Crippen molar-refractivity contribution in [2.24, 2.45) is 4.76 Å². The minimum Gasteiger partial charge on any atom is -0.343 e. The fraction of sp³-hybridized carbons (Fsp3) is 0.200. The number of sulfonamides is 1. The zero-order chi connectivity index (χ0) is 13.9. The molecule has 0 aromatic heterocycles. The van der Waals surface area contributed by atoms with E-state index >= 15 is 0 Å². The predicted molar refractivity (Wildman–Crippen MR) is 75.9 cm³/mol. The lowest BCUT2D eigenvalue weighted by molar-refractivity contribution is 0.256. The number of hydrogen-bond donors (Lipinski definition) is 2. The Morgan fingerprint density at radius 2 is 2.05 bits per heavy atom. The van der Waals surface area contributed by atoms with E-state index in [0.29, 0.717) is 12.0 Å². The van der Waals surface area contributed by atoms with Crippen molar-refractivity contribution in [3.05, 3.63) is 30.3 Å². The lowest BCUT2D eigenvalue weighted by atomic mass is 10.3. The lowest BCUT2D eigenvalue weighted by Crippen LogP contribution is -2.43. The number of anilines is 1. The van der Waals surface area contributed by atoms with Crippen molar-refractivity contribution < 1.29 is 13.2 Å². The number of amidine groups is 1. The highest BCUT2D eigenvalue weighted by molar-refractivity contribution is 8.05. The third-order valence-corrected chi connectivity index (χ3v) is 4.79. The van der Waals surface area contributed by atoms with Crippen LogP contribution >= 0.6 is 8.73 Å².